The molecule has 14 nitrogen and oxygen atoms in total. The molecule has 0 aromatic heterocycles. The van der Waals surface area contributed by atoms with Gasteiger partial charge in [0.2, 0.25) is 11.8 Å². The number of aliphatic hydroxyl groups excluding tert-OH is 3. The Morgan fingerprint density at radius 3 is 2.18 bits per heavy atom. The maximum Gasteiger partial charge on any atom is 0.245 e. The number of hydrogen-bond donors (Lipinski definition) is 4. The number of amides is 2. The zero-order valence-electron chi connectivity index (χ0n) is 31.3. The van der Waals surface area contributed by atoms with E-state index in [4.69, 9.17) is 23.7 Å². The Morgan fingerprint density at radius 1 is 0.918 bits per heavy atom. The summed E-state index contributed by atoms with van der Waals surface area (Å²) in [4.78, 5) is 33.1. The van der Waals surface area contributed by atoms with Crippen molar-refractivity contribution in [2.75, 3.05) is 41.3 Å². The van der Waals surface area contributed by atoms with Gasteiger partial charge in [-0.05, 0) is 60.5 Å². The highest BCUT2D eigenvalue weighted by Crippen LogP contribution is 2.40. The SMILES string of the molecule is CO[C@]1(C)C[C@H](O[C@H]2[C@H](C)[C@@H](O[C@@H]3O[C@H](C)C[C@H](N(C)C)[C@H]3O)[C@](C)(O)C[C@@H](C)CN(C)C(=O)C3C[C@H](O)CN3C(=O)[C@@H]2C)O[C@@H](C)[C@@H]1O. The lowest BCUT2D eigenvalue weighted by Crippen LogP contribution is -2.60. The lowest BCUT2D eigenvalue weighted by Gasteiger charge is -2.49. The molecule has 0 spiro atoms. The van der Waals surface area contributed by atoms with Crippen molar-refractivity contribution in [3.05, 3.63) is 0 Å². The third-order valence-electron chi connectivity index (χ3n) is 11.4. The number of carbonyl (C=O) groups is 2. The van der Waals surface area contributed by atoms with Crippen LogP contribution in [0.1, 0.15) is 74.1 Å². The molecule has 4 heterocycles. The van der Waals surface area contributed by atoms with Gasteiger partial charge in [0, 0.05) is 52.0 Å². The van der Waals surface area contributed by atoms with Crippen LogP contribution in [-0.2, 0) is 33.3 Å². The topological polar surface area (TPSA) is 171 Å². The molecule has 4 aliphatic rings. The van der Waals surface area contributed by atoms with E-state index in [1.54, 1.807) is 39.6 Å². The van der Waals surface area contributed by atoms with Gasteiger partial charge in [0.15, 0.2) is 12.6 Å². The maximum atomic E-state index is 14.4. The van der Waals surface area contributed by atoms with E-state index in [0.717, 1.165) is 0 Å². The largest absolute Gasteiger partial charge is 0.391 e. The molecule has 0 aliphatic carbocycles. The second kappa shape index (κ2) is 15.6. The van der Waals surface area contributed by atoms with Gasteiger partial charge in [-0.3, -0.25) is 9.59 Å². The second-order valence-electron chi connectivity index (χ2n) is 16.1. The molecule has 0 aromatic carbocycles. The first-order chi connectivity index (χ1) is 22.7. The molecular weight excluding hydrogens is 638 g/mol. The van der Waals surface area contributed by atoms with Gasteiger partial charge in [0.25, 0.3) is 0 Å². The highest BCUT2D eigenvalue weighted by Gasteiger charge is 2.53. The van der Waals surface area contributed by atoms with Crippen molar-refractivity contribution in [1.29, 1.82) is 0 Å². The smallest absolute Gasteiger partial charge is 0.245 e. The van der Waals surface area contributed by atoms with Gasteiger partial charge in [-0.15, -0.1) is 0 Å². The molecular formula is C35H63N3O11. The average molecular weight is 702 g/mol. The molecule has 2 amide bonds. The van der Waals surface area contributed by atoms with E-state index in [9.17, 15) is 30.0 Å². The van der Waals surface area contributed by atoms with Crippen molar-refractivity contribution in [2.24, 2.45) is 17.8 Å². The van der Waals surface area contributed by atoms with Crippen LogP contribution < -0.4 is 0 Å². The summed E-state index contributed by atoms with van der Waals surface area (Å²) in [6, 6.07) is -1.11. The third kappa shape index (κ3) is 8.61. The Morgan fingerprint density at radius 2 is 1.57 bits per heavy atom. The zero-order chi connectivity index (χ0) is 36.7. The van der Waals surface area contributed by atoms with Crippen LogP contribution in [0.3, 0.4) is 0 Å². The van der Waals surface area contributed by atoms with Crippen LogP contribution in [0.25, 0.3) is 0 Å². The lowest BCUT2D eigenvalue weighted by molar-refractivity contribution is -0.317. The highest BCUT2D eigenvalue weighted by molar-refractivity contribution is 5.89. The monoisotopic (exact) mass is 701 g/mol. The summed E-state index contributed by atoms with van der Waals surface area (Å²) in [5.41, 5.74) is -2.54. The molecule has 0 saturated carbocycles. The number of ether oxygens (including phenoxy) is 5. The van der Waals surface area contributed by atoms with E-state index in [2.05, 4.69) is 0 Å². The molecule has 14 heteroatoms. The van der Waals surface area contributed by atoms with Crippen molar-refractivity contribution in [3.63, 3.8) is 0 Å². The van der Waals surface area contributed by atoms with Gasteiger partial charge in [-0.1, -0.05) is 20.8 Å². The number of rotatable bonds is 6. The zero-order valence-corrected chi connectivity index (χ0v) is 31.3. The van der Waals surface area contributed by atoms with Crippen LogP contribution in [0, 0.1) is 17.8 Å². The number of likely N-dealkylation sites (N-methyl/N-ethyl adjacent to an activating group) is 2. The van der Waals surface area contributed by atoms with Crippen LogP contribution in [-0.4, -0.2) is 167 Å². The number of nitrogens with zero attached hydrogens (tertiary/aromatic N) is 3. The first-order valence-corrected chi connectivity index (χ1v) is 17.9. The van der Waals surface area contributed by atoms with Crippen molar-refractivity contribution in [3.8, 4) is 0 Å². The molecule has 4 aliphatic heterocycles. The minimum absolute atomic E-state index is 0.00145. The summed E-state index contributed by atoms with van der Waals surface area (Å²) in [6.07, 6.45) is -6.62. The molecule has 4 N–H and O–H groups in total. The van der Waals surface area contributed by atoms with Crippen LogP contribution in [0.5, 0.6) is 0 Å². The Balaban J connectivity index is 1.80. The van der Waals surface area contributed by atoms with E-state index in [1.165, 1.54) is 12.0 Å². The first kappa shape index (κ1) is 40.3. The van der Waals surface area contributed by atoms with Crippen molar-refractivity contribution in [1.82, 2.24) is 14.7 Å². The van der Waals surface area contributed by atoms with Crippen molar-refractivity contribution < 1.29 is 53.7 Å². The summed E-state index contributed by atoms with van der Waals surface area (Å²) in [5.74, 6) is -2.47. The number of fused-ring (bicyclic) bond motifs is 1. The van der Waals surface area contributed by atoms with Gasteiger partial charge in [-0.25, -0.2) is 0 Å². The molecule has 16 atom stereocenters. The van der Waals surface area contributed by atoms with Gasteiger partial charge in [-0.2, -0.15) is 0 Å². The fourth-order valence-electron chi connectivity index (χ4n) is 8.67. The predicted octanol–water partition coefficient (Wildman–Crippen LogP) is 0.567. The number of methoxy groups -OCH3 is 1. The molecule has 49 heavy (non-hydrogen) atoms. The normalized spacial score (nSPS) is 47.8. The maximum absolute atomic E-state index is 14.4. The molecule has 4 saturated heterocycles. The minimum atomic E-state index is -1.54. The van der Waals surface area contributed by atoms with Gasteiger partial charge < -0.3 is 58.8 Å². The molecule has 4 fully saturated rings. The van der Waals surface area contributed by atoms with Gasteiger partial charge in [0.05, 0.1) is 47.6 Å². The van der Waals surface area contributed by atoms with E-state index in [0.29, 0.717) is 13.0 Å². The lowest BCUT2D eigenvalue weighted by atomic mass is 9.77. The molecule has 1 unspecified atom stereocenters. The van der Waals surface area contributed by atoms with E-state index >= 15 is 0 Å². The van der Waals surface area contributed by atoms with Crippen molar-refractivity contribution >= 4 is 11.8 Å². The number of carbonyl (C=O) groups excluding carboxylic acids is 2. The number of hydrogen-bond acceptors (Lipinski definition) is 12. The van der Waals surface area contributed by atoms with Crippen molar-refractivity contribution in [2.45, 2.75) is 153 Å². The number of aliphatic hydroxyl groups is 4. The van der Waals surface area contributed by atoms with Crippen LogP contribution >= 0.6 is 0 Å². The Bertz CT molecular complexity index is 1140. The standard InChI is InChI=1S/C35H63N3O11/c1-18-14-34(6,44)30(49-33-27(40)24(36(8)9)12-19(2)46-33)20(3)28(48-26-15-35(7,45-11)29(41)22(5)47-26)21(4)31(42)38-17-23(39)13-25(38)32(43)37(10)16-18/h18-30,33,39-41,44H,12-17H2,1-11H3/t18-,19-,20+,21-,22+,23+,24+,25?,26+,27-,28+,29+,30-,33+,34-,35-/m1/s1. The molecule has 0 radical (unpaired) electrons. The predicted molar refractivity (Wildman–Crippen MR) is 179 cm³/mol. The Hall–Kier alpha value is -1.46. The third-order valence-corrected chi connectivity index (χ3v) is 11.4. The van der Waals surface area contributed by atoms with Crippen LogP contribution in [0.2, 0.25) is 0 Å². The molecule has 284 valence electrons. The van der Waals surface area contributed by atoms with Gasteiger partial charge in [0.1, 0.15) is 18.2 Å². The quantitative estimate of drug-likeness (QED) is 0.304. The van der Waals surface area contributed by atoms with E-state index in [-0.39, 0.29) is 55.7 Å². The fraction of sp³-hybridized carbons (Fsp3) is 0.943. The summed E-state index contributed by atoms with van der Waals surface area (Å²) in [5, 5.41) is 45.4. The fourth-order valence-corrected chi connectivity index (χ4v) is 8.67. The molecule has 0 bridgehead atoms. The molecule has 4 rings (SSSR count). The minimum Gasteiger partial charge on any atom is -0.391 e. The van der Waals surface area contributed by atoms with E-state index < -0.39 is 78.3 Å². The Labute approximate surface area is 291 Å². The summed E-state index contributed by atoms with van der Waals surface area (Å²) >= 11 is 0. The van der Waals surface area contributed by atoms with Crippen LogP contribution in [0.15, 0.2) is 0 Å². The van der Waals surface area contributed by atoms with Crippen LogP contribution in [0.4, 0.5) is 0 Å². The summed E-state index contributed by atoms with van der Waals surface area (Å²) in [7, 11) is 6.95. The average Bonchev–Trinajstić information content (AvgIpc) is 3.41. The second-order valence-corrected chi connectivity index (χ2v) is 16.1. The molecule has 0 aromatic rings. The summed E-state index contributed by atoms with van der Waals surface area (Å²) in [6.45, 7) is 12.9. The summed E-state index contributed by atoms with van der Waals surface area (Å²) < 4.78 is 31.4. The Kier molecular flexibility index (Phi) is 12.9. The van der Waals surface area contributed by atoms with Gasteiger partial charge >= 0.3 is 0 Å². The highest BCUT2D eigenvalue weighted by atomic mass is 16.7. The van der Waals surface area contributed by atoms with E-state index in [1.807, 2.05) is 39.8 Å². The first-order valence-electron chi connectivity index (χ1n) is 17.9.